The molecule has 0 saturated carbocycles. The first kappa shape index (κ1) is 22.1. The normalized spacial score (nSPS) is 6.68. The summed E-state index contributed by atoms with van der Waals surface area (Å²) in [5.74, 6) is 0. The van der Waals surface area contributed by atoms with Crippen LogP contribution in [0.25, 0.3) is 6.08 Å². The van der Waals surface area contributed by atoms with Gasteiger partial charge in [0.15, 0.2) is 0 Å². The minimum atomic E-state index is 1.02. The van der Waals surface area contributed by atoms with Crippen molar-refractivity contribution in [1.82, 2.24) is 0 Å². The van der Waals surface area contributed by atoms with E-state index in [1.807, 2.05) is 57.2 Å². The molecule has 0 spiro atoms. The lowest BCUT2D eigenvalue weighted by atomic mass is 10.2. The number of allylic oxidation sites excluding steroid dienone is 4. The fourth-order valence-corrected chi connectivity index (χ4v) is 0.589. The third-order valence-corrected chi connectivity index (χ3v) is 1.38. The SMILES string of the molecule is C=CC.C=CC.C=CC(=C)C.C=Cc1ccccc1. The van der Waals surface area contributed by atoms with Crippen LogP contribution in [-0.2, 0) is 0 Å². The van der Waals surface area contributed by atoms with E-state index in [4.69, 9.17) is 0 Å². The Balaban J connectivity index is -0.000000202. The summed E-state index contributed by atoms with van der Waals surface area (Å²) < 4.78 is 0. The Labute approximate surface area is 120 Å². The van der Waals surface area contributed by atoms with Gasteiger partial charge in [-0.15, -0.1) is 13.2 Å². The first-order valence-electron chi connectivity index (χ1n) is 6.13. The molecular formula is C19H28. The second-order valence-electron chi connectivity index (χ2n) is 3.48. The van der Waals surface area contributed by atoms with E-state index in [9.17, 15) is 0 Å². The third-order valence-electron chi connectivity index (χ3n) is 1.38. The van der Waals surface area contributed by atoms with Crippen LogP contribution in [0.4, 0.5) is 0 Å². The molecule has 104 valence electrons. The predicted molar refractivity (Wildman–Crippen MR) is 93.3 cm³/mol. The van der Waals surface area contributed by atoms with Gasteiger partial charge in [0, 0.05) is 0 Å². The van der Waals surface area contributed by atoms with Crippen LogP contribution < -0.4 is 0 Å². The maximum atomic E-state index is 3.63. The molecule has 0 heteroatoms. The van der Waals surface area contributed by atoms with Gasteiger partial charge in [-0.25, -0.2) is 0 Å². The molecule has 0 nitrogen and oxygen atoms in total. The molecule has 0 radical (unpaired) electrons. The second-order valence-corrected chi connectivity index (χ2v) is 3.48. The molecule has 1 rings (SSSR count). The van der Waals surface area contributed by atoms with Crippen molar-refractivity contribution in [3.63, 3.8) is 0 Å². The number of rotatable bonds is 2. The van der Waals surface area contributed by atoms with Crippen molar-refractivity contribution < 1.29 is 0 Å². The maximum absolute atomic E-state index is 3.63. The van der Waals surface area contributed by atoms with Crippen LogP contribution in [0.5, 0.6) is 0 Å². The van der Waals surface area contributed by atoms with Crippen LogP contribution in [-0.4, -0.2) is 0 Å². The zero-order chi connectivity index (χ0) is 15.5. The summed E-state index contributed by atoms with van der Waals surface area (Å²) in [5, 5.41) is 0. The molecule has 0 aliphatic rings. The Morgan fingerprint density at radius 1 is 0.895 bits per heavy atom. The Bertz CT molecular complexity index is 336. The van der Waals surface area contributed by atoms with Gasteiger partial charge < -0.3 is 0 Å². The fraction of sp³-hybridized carbons (Fsp3) is 0.158. The van der Waals surface area contributed by atoms with Crippen molar-refractivity contribution in [3.8, 4) is 0 Å². The third kappa shape index (κ3) is 31.3. The highest BCUT2D eigenvalue weighted by molar-refractivity contribution is 5.45. The summed E-state index contributed by atoms with van der Waals surface area (Å²) in [5.41, 5.74) is 2.19. The molecule has 0 saturated heterocycles. The van der Waals surface area contributed by atoms with Crippen LogP contribution >= 0.6 is 0 Å². The molecule has 19 heavy (non-hydrogen) atoms. The lowest BCUT2D eigenvalue weighted by Gasteiger charge is -1.85. The average Bonchev–Trinajstić information content (AvgIpc) is 2.42. The highest BCUT2D eigenvalue weighted by Crippen LogP contribution is 1.97. The maximum Gasteiger partial charge on any atom is -0.0263 e. The number of hydrogen-bond acceptors (Lipinski definition) is 0. The molecule has 1 aromatic carbocycles. The van der Waals surface area contributed by atoms with E-state index in [-0.39, 0.29) is 0 Å². The van der Waals surface area contributed by atoms with E-state index < -0.39 is 0 Å². The van der Waals surface area contributed by atoms with Crippen LogP contribution in [0, 0.1) is 0 Å². The largest absolute Gasteiger partial charge is 0.103 e. The summed E-state index contributed by atoms with van der Waals surface area (Å²) in [6.45, 7) is 23.1. The molecule has 0 bridgehead atoms. The van der Waals surface area contributed by atoms with Crippen molar-refractivity contribution in [2.24, 2.45) is 0 Å². The van der Waals surface area contributed by atoms with E-state index in [2.05, 4.69) is 32.9 Å². The molecule has 0 aliphatic carbocycles. The monoisotopic (exact) mass is 256 g/mol. The summed E-state index contributed by atoms with van der Waals surface area (Å²) in [4.78, 5) is 0. The standard InChI is InChI=1S/C8H8.C5H8.2C3H6/c1-2-8-6-4-3-5-7-8;1-4-5(2)3;2*1-3-2/h2-7H,1H2;4H,1-2H2,3H3;2*3H,1H2,2H3. The molecule has 0 N–H and O–H groups in total. The topological polar surface area (TPSA) is 0 Å². The highest BCUT2D eigenvalue weighted by Gasteiger charge is 1.75. The van der Waals surface area contributed by atoms with Crippen LogP contribution in [0.15, 0.2) is 87.0 Å². The highest BCUT2D eigenvalue weighted by atomic mass is 13.8. The Kier molecular flexibility index (Phi) is 24.7. The van der Waals surface area contributed by atoms with Crippen molar-refractivity contribution in [2.45, 2.75) is 20.8 Å². The molecule has 1 aromatic rings. The molecule has 0 amide bonds. The lowest BCUT2D eigenvalue weighted by Crippen LogP contribution is -1.63. The molecule has 0 aliphatic heterocycles. The first-order valence-corrected chi connectivity index (χ1v) is 6.13. The van der Waals surface area contributed by atoms with Gasteiger partial charge in [-0.1, -0.05) is 79.9 Å². The zero-order valence-corrected chi connectivity index (χ0v) is 12.7. The number of hydrogen-bond donors (Lipinski definition) is 0. The predicted octanol–water partition coefficient (Wildman–Crippen LogP) is 6.46. The molecule has 0 aromatic heterocycles. The summed E-state index contributed by atoms with van der Waals surface area (Å²) in [6.07, 6.45) is 7.06. The van der Waals surface area contributed by atoms with Gasteiger partial charge in [-0.2, -0.15) is 0 Å². The van der Waals surface area contributed by atoms with E-state index in [0.717, 1.165) is 5.57 Å². The van der Waals surface area contributed by atoms with Crippen LogP contribution in [0.3, 0.4) is 0 Å². The minimum absolute atomic E-state index is 1.02. The van der Waals surface area contributed by atoms with Gasteiger partial charge >= 0.3 is 0 Å². The molecule has 0 unspecified atom stereocenters. The van der Waals surface area contributed by atoms with Crippen molar-refractivity contribution >= 4 is 6.08 Å². The summed E-state index contributed by atoms with van der Waals surface area (Å²) >= 11 is 0. The van der Waals surface area contributed by atoms with Gasteiger partial charge in [0.05, 0.1) is 0 Å². The Hall–Kier alpha value is -2.08. The van der Waals surface area contributed by atoms with Gasteiger partial charge in [-0.05, 0) is 26.3 Å². The molecular weight excluding hydrogens is 228 g/mol. The van der Waals surface area contributed by atoms with Gasteiger partial charge in [0.25, 0.3) is 0 Å². The smallest absolute Gasteiger partial charge is 0.0263 e. The zero-order valence-electron chi connectivity index (χ0n) is 12.7. The van der Waals surface area contributed by atoms with E-state index >= 15 is 0 Å². The van der Waals surface area contributed by atoms with Crippen LogP contribution in [0.2, 0.25) is 0 Å². The molecule has 0 fully saturated rings. The molecule has 0 atom stereocenters. The molecule has 0 heterocycles. The fourth-order valence-electron chi connectivity index (χ4n) is 0.589. The van der Waals surface area contributed by atoms with Gasteiger partial charge in [-0.3, -0.25) is 0 Å². The summed E-state index contributed by atoms with van der Waals surface area (Å²) in [6, 6.07) is 10.0. The average molecular weight is 256 g/mol. The van der Waals surface area contributed by atoms with Crippen molar-refractivity contribution in [3.05, 3.63) is 92.6 Å². The Morgan fingerprint density at radius 2 is 1.21 bits per heavy atom. The van der Waals surface area contributed by atoms with E-state index in [1.165, 1.54) is 5.56 Å². The quantitative estimate of drug-likeness (QED) is 0.420. The summed E-state index contributed by atoms with van der Waals surface area (Å²) in [7, 11) is 0. The minimum Gasteiger partial charge on any atom is -0.103 e. The lowest BCUT2D eigenvalue weighted by molar-refractivity contribution is 1.58. The second kappa shape index (κ2) is 21.2. The van der Waals surface area contributed by atoms with Gasteiger partial charge in [0.2, 0.25) is 0 Å². The number of benzene rings is 1. The Morgan fingerprint density at radius 3 is 1.37 bits per heavy atom. The first-order chi connectivity index (χ1) is 9.03. The van der Waals surface area contributed by atoms with Crippen LogP contribution in [0.1, 0.15) is 26.3 Å². The van der Waals surface area contributed by atoms with Crippen molar-refractivity contribution in [1.29, 1.82) is 0 Å². The van der Waals surface area contributed by atoms with Gasteiger partial charge in [0.1, 0.15) is 0 Å². The van der Waals surface area contributed by atoms with E-state index in [1.54, 1.807) is 18.2 Å². The van der Waals surface area contributed by atoms with Crippen molar-refractivity contribution in [2.75, 3.05) is 0 Å². The van der Waals surface area contributed by atoms with E-state index in [0.29, 0.717) is 0 Å².